The molecule has 1 aliphatic heterocycles. The molecule has 4 heterocycles. The maximum Gasteiger partial charge on any atom is 0.293 e. The lowest BCUT2D eigenvalue weighted by atomic mass is 9.94. The Morgan fingerprint density at radius 3 is 2.84 bits per heavy atom. The number of H-pyrrole nitrogens is 1. The van der Waals surface area contributed by atoms with E-state index >= 15 is 0 Å². The minimum Gasteiger partial charge on any atom is -0.335 e. The van der Waals surface area contributed by atoms with Crippen molar-refractivity contribution in [2.24, 2.45) is 0 Å². The lowest BCUT2D eigenvalue weighted by Gasteiger charge is -2.31. The molecule has 1 unspecified atom stereocenters. The first kappa shape index (κ1) is 15.7. The Kier molecular flexibility index (Phi) is 3.74. The van der Waals surface area contributed by atoms with Crippen LogP contribution in [0.3, 0.4) is 0 Å². The second-order valence-corrected chi connectivity index (χ2v) is 6.75. The van der Waals surface area contributed by atoms with E-state index < -0.39 is 0 Å². The molecule has 0 saturated carbocycles. The molecule has 1 atom stereocenters. The van der Waals surface area contributed by atoms with Gasteiger partial charge in [-0.15, -0.1) is 5.10 Å². The van der Waals surface area contributed by atoms with Crippen LogP contribution in [0.15, 0.2) is 12.1 Å². The van der Waals surface area contributed by atoms with Crippen LogP contribution in [-0.4, -0.2) is 53.7 Å². The van der Waals surface area contributed by atoms with Crippen LogP contribution >= 0.6 is 0 Å². The number of likely N-dealkylation sites (tertiary alicyclic amines) is 1. The minimum atomic E-state index is -0.139. The van der Waals surface area contributed by atoms with Crippen molar-refractivity contribution in [1.29, 1.82) is 0 Å². The van der Waals surface area contributed by atoms with Gasteiger partial charge in [0.1, 0.15) is 0 Å². The molecule has 8 nitrogen and oxygen atoms in total. The lowest BCUT2D eigenvalue weighted by molar-refractivity contribution is 0.0693. The zero-order chi connectivity index (χ0) is 17.6. The van der Waals surface area contributed by atoms with Crippen LogP contribution in [0.5, 0.6) is 0 Å². The van der Waals surface area contributed by atoms with E-state index in [2.05, 4.69) is 31.3 Å². The Labute approximate surface area is 145 Å². The number of aryl methyl sites for hydroxylation is 3. The molecule has 0 bridgehead atoms. The number of rotatable bonds is 2. The van der Waals surface area contributed by atoms with Crippen LogP contribution in [0.25, 0.3) is 5.78 Å². The summed E-state index contributed by atoms with van der Waals surface area (Å²) in [5.74, 6) is 0.790. The topological polar surface area (TPSA) is 92.1 Å². The molecule has 0 radical (unpaired) electrons. The van der Waals surface area contributed by atoms with E-state index in [4.69, 9.17) is 0 Å². The maximum absolute atomic E-state index is 12.9. The summed E-state index contributed by atoms with van der Waals surface area (Å²) in [6.45, 7) is 7.19. The van der Waals surface area contributed by atoms with Crippen molar-refractivity contribution in [2.45, 2.75) is 39.5 Å². The first-order valence-electron chi connectivity index (χ1n) is 8.53. The van der Waals surface area contributed by atoms with Crippen molar-refractivity contribution in [2.75, 3.05) is 13.1 Å². The number of amides is 1. The summed E-state index contributed by atoms with van der Waals surface area (Å²) >= 11 is 0. The van der Waals surface area contributed by atoms with Crippen molar-refractivity contribution in [3.63, 3.8) is 0 Å². The maximum atomic E-state index is 12.9. The summed E-state index contributed by atoms with van der Waals surface area (Å²) in [5, 5.41) is 11.7. The zero-order valence-corrected chi connectivity index (χ0v) is 14.7. The molecule has 1 aliphatic rings. The molecule has 8 heteroatoms. The summed E-state index contributed by atoms with van der Waals surface area (Å²) in [6, 6.07) is 3.98. The standard InChI is InChI=1S/C17H21N7O/c1-10-7-12(3)24-17(18-10)19-15(22-24)16(25)23-6-4-5-13(9-23)14-8-11(2)20-21-14/h7-8,13H,4-6,9H2,1-3H3,(H,20,21). The van der Waals surface area contributed by atoms with Gasteiger partial charge in [-0.25, -0.2) is 9.50 Å². The fourth-order valence-electron chi connectivity index (χ4n) is 3.45. The van der Waals surface area contributed by atoms with Crippen LogP contribution in [0.4, 0.5) is 0 Å². The summed E-state index contributed by atoms with van der Waals surface area (Å²) < 4.78 is 1.62. The summed E-state index contributed by atoms with van der Waals surface area (Å²) in [6.07, 6.45) is 1.98. The van der Waals surface area contributed by atoms with Crippen molar-refractivity contribution < 1.29 is 4.79 Å². The number of carbonyl (C=O) groups is 1. The molecule has 1 N–H and O–H groups in total. The van der Waals surface area contributed by atoms with E-state index in [1.54, 1.807) is 4.52 Å². The number of fused-ring (bicyclic) bond motifs is 1. The number of aromatic amines is 1. The fraction of sp³-hybridized carbons (Fsp3) is 0.471. The minimum absolute atomic E-state index is 0.139. The van der Waals surface area contributed by atoms with E-state index in [0.29, 0.717) is 12.3 Å². The third kappa shape index (κ3) is 2.88. The quantitative estimate of drug-likeness (QED) is 0.768. The monoisotopic (exact) mass is 339 g/mol. The van der Waals surface area contributed by atoms with Crippen molar-refractivity contribution in [3.8, 4) is 0 Å². The zero-order valence-electron chi connectivity index (χ0n) is 14.7. The van der Waals surface area contributed by atoms with E-state index in [-0.39, 0.29) is 17.6 Å². The van der Waals surface area contributed by atoms with Crippen LogP contribution in [-0.2, 0) is 0 Å². The lowest BCUT2D eigenvalue weighted by Crippen LogP contribution is -2.39. The van der Waals surface area contributed by atoms with Crippen molar-refractivity contribution in [1.82, 2.24) is 34.7 Å². The molecular weight excluding hydrogens is 318 g/mol. The number of nitrogens with one attached hydrogen (secondary N) is 1. The average molecular weight is 339 g/mol. The second kappa shape index (κ2) is 5.94. The van der Waals surface area contributed by atoms with Gasteiger partial charge < -0.3 is 4.90 Å². The smallest absolute Gasteiger partial charge is 0.293 e. The highest BCUT2D eigenvalue weighted by Gasteiger charge is 2.29. The first-order valence-corrected chi connectivity index (χ1v) is 8.53. The largest absolute Gasteiger partial charge is 0.335 e. The average Bonchev–Trinajstić information content (AvgIpc) is 3.21. The van der Waals surface area contributed by atoms with Gasteiger partial charge in [0.25, 0.3) is 11.7 Å². The van der Waals surface area contributed by atoms with E-state index in [0.717, 1.165) is 42.2 Å². The van der Waals surface area contributed by atoms with Crippen LogP contribution in [0, 0.1) is 20.8 Å². The van der Waals surface area contributed by atoms with E-state index in [9.17, 15) is 4.79 Å². The highest BCUT2D eigenvalue weighted by molar-refractivity contribution is 5.91. The van der Waals surface area contributed by atoms with Crippen molar-refractivity contribution >= 4 is 11.7 Å². The van der Waals surface area contributed by atoms with Gasteiger partial charge in [-0.3, -0.25) is 9.89 Å². The number of hydrogen-bond acceptors (Lipinski definition) is 5. The van der Waals surface area contributed by atoms with Gasteiger partial charge in [0, 0.05) is 36.1 Å². The molecule has 3 aromatic rings. The SMILES string of the molecule is Cc1cc(C)n2nc(C(=O)N3CCCC(c4cc(C)[nH]n4)C3)nc2n1. The molecule has 0 aliphatic carbocycles. The summed E-state index contributed by atoms with van der Waals surface area (Å²) in [7, 11) is 0. The van der Waals surface area contributed by atoms with Gasteiger partial charge in [-0.2, -0.15) is 10.1 Å². The molecule has 0 aromatic carbocycles. The van der Waals surface area contributed by atoms with Crippen LogP contribution in [0.1, 0.15) is 52.2 Å². The van der Waals surface area contributed by atoms with Crippen molar-refractivity contribution in [3.05, 3.63) is 40.7 Å². The number of nitrogens with zero attached hydrogens (tertiary/aromatic N) is 6. The van der Waals surface area contributed by atoms with E-state index in [1.165, 1.54) is 0 Å². The van der Waals surface area contributed by atoms with Gasteiger partial charge in [-0.1, -0.05) is 0 Å². The van der Waals surface area contributed by atoms with Gasteiger partial charge in [0.15, 0.2) is 0 Å². The molecule has 1 fully saturated rings. The normalized spacial score (nSPS) is 18.0. The van der Waals surface area contributed by atoms with Gasteiger partial charge in [0.2, 0.25) is 5.82 Å². The Bertz CT molecular complexity index is 942. The van der Waals surface area contributed by atoms with Gasteiger partial charge >= 0.3 is 0 Å². The highest BCUT2D eigenvalue weighted by atomic mass is 16.2. The molecule has 25 heavy (non-hydrogen) atoms. The molecule has 1 amide bonds. The molecule has 3 aromatic heterocycles. The summed E-state index contributed by atoms with van der Waals surface area (Å²) in [5.41, 5.74) is 3.84. The second-order valence-electron chi connectivity index (χ2n) is 6.75. The third-order valence-corrected chi connectivity index (χ3v) is 4.66. The fourth-order valence-corrected chi connectivity index (χ4v) is 3.45. The van der Waals surface area contributed by atoms with Crippen LogP contribution < -0.4 is 0 Å². The number of carbonyl (C=O) groups excluding carboxylic acids is 1. The van der Waals surface area contributed by atoms with Gasteiger partial charge in [-0.05, 0) is 45.7 Å². The molecule has 130 valence electrons. The molecule has 0 spiro atoms. The predicted molar refractivity (Wildman–Crippen MR) is 91.5 cm³/mol. The Hall–Kier alpha value is -2.77. The van der Waals surface area contributed by atoms with Gasteiger partial charge in [0.05, 0.1) is 5.69 Å². The number of aromatic nitrogens is 6. The number of hydrogen-bond donors (Lipinski definition) is 1. The third-order valence-electron chi connectivity index (χ3n) is 4.66. The van der Waals surface area contributed by atoms with Crippen LogP contribution in [0.2, 0.25) is 0 Å². The molecular formula is C17H21N7O. The Morgan fingerprint density at radius 1 is 1.24 bits per heavy atom. The van der Waals surface area contributed by atoms with E-state index in [1.807, 2.05) is 31.7 Å². The predicted octanol–water partition coefficient (Wildman–Crippen LogP) is 1.79. The Balaban J connectivity index is 1.59. The molecule has 1 saturated heterocycles. The highest BCUT2D eigenvalue weighted by Crippen LogP contribution is 2.26. The Morgan fingerprint density at radius 2 is 2.08 bits per heavy atom. The summed E-state index contributed by atoms with van der Waals surface area (Å²) in [4.78, 5) is 23.4. The number of piperidine rings is 1. The first-order chi connectivity index (χ1) is 12.0. The molecule has 4 rings (SSSR count).